The fourth-order valence-corrected chi connectivity index (χ4v) is 2.72. The van der Waals surface area contributed by atoms with E-state index in [1.165, 1.54) is 13.2 Å². The maximum atomic E-state index is 11.1. The highest BCUT2D eigenvalue weighted by atomic mass is 32.1. The number of hydrogen-bond donors (Lipinski definition) is 0. The predicted octanol–water partition coefficient (Wildman–Crippen LogP) is 3.98. The van der Waals surface area contributed by atoms with Crippen molar-refractivity contribution in [2.45, 2.75) is 32.8 Å². The smallest absolute Gasteiger partial charge is 0.314 e. The van der Waals surface area contributed by atoms with E-state index in [2.05, 4.69) is 11.9 Å². The van der Waals surface area contributed by atoms with Crippen molar-refractivity contribution in [2.75, 3.05) is 7.11 Å². The molecule has 0 radical (unpaired) electrons. The van der Waals surface area contributed by atoms with Gasteiger partial charge in [0.15, 0.2) is 5.75 Å². The van der Waals surface area contributed by atoms with Crippen LogP contribution < -0.4 is 9.47 Å². The van der Waals surface area contributed by atoms with Gasteiger partial charge in [0.1, 0.15) is 12.4 Å². The Kier molecular flexibility index (Phi) is 5.71. The molecular formula is C15H18N2O4S. The Bertz CT molecular complexity index is 642. The zero-order chi connectivity index (χ0) is 15.9. The summed E-state index contributed by atoms with van der Waals surface area (Å²) in [6.45, 7) is 2.36. The molecule has 0 aliphatic rings. The maximum Gasteiger partial charge on any atom is 0.314 e. The van der Waals surface area contributed by atoms with Gasteiger partial charge in [-0.2, -0.15) is 0 Å². The monoisotopic (exact) mass is 322 g/mol. The van der Waals surface area contributed by atoms with Crippen molar-refractivity contribution in [1.82, 2.24) is 4.98 Å². The number of methoxy groups -OCH3 is 1. The average molecular weight is 322 g/mol. The van der Waals surface area contributed by atoms with Crippen molar-refractivity contribution in [3.8, 4) is 11.5 Å². The number of nitro groups is 1. The Morgan fingerprint density at radius 1 is 1.41 bits per heavy atom. The highest BCUT2D eigenvalue weighted by Crippen LogP contribution is 2.31. The van der Waals surface area contributed by atoms with Crippen LogP contribution in [-0.4, -0.2) is 17.0 Å². The molecule has 0 N–H and O–H groups in total. The minimum Gasteiger partial charge on any atom is -0.496 e. The maximum absolute atomic E-state index is 11.1. The first-order valence-electron chi connectivity index (χ1n) is 7.02. The summed E-state index contributed by atoms with van der Waals surface area (Å²) in [5, 5.41) is 14.1. The van der Waals surface area contributed by atoms with Crippen LogP contribution in [0.1, 0.15) is 30.5 Å². The second-order valence-electron chi connectivity index (χ2n) is 4.72. The van der Waals surface area contributed by atoms with Crippen molar-refractivity contribution < 1.29 is 14.4 Å². The number of nitrogens with zero attached hydrogens (tertiary/aromatic N) is 2. The molecule has 6 nitrogen and oxygen atoms in total. The van der Waals surface area contributed by atoms with Gasteiger partial charge in [-0.3, -0.25) is 10.1 Å². The van der Waals surface area contributed by atoms with Gasteiger partial charge in [-0.05, 0) is 25.0 Å². The van der Waals surface area contributed by atoms with E-state index in [1.807, 2.05) is 5.38 Å². The molecule has 7 heteroatoms. The van der Waals surface area contributed by atoms with Crippen LogP contribution in [0, 0.1) is 10.1 Å². The highest BCUT2D eigenvalue weighted by molar-refractivity contribution is 7.09. The molecule has 1 aromatic carbocycles. The lowest BCUT2D eigenvalue weighted by Gasteiger charge is -2.06. The van der Waals surface area contributed by atoms with Gasteiger partial charge in [0.05, 0.1) is 28.8 Å². The summed E-state index contributed by atoms with van der Waals surface area (Å²) < 4.78 is 10.5. The quantitative estimate of drug-likeness (QED) is 0.543. The van der Waals surface area contributed by atoms with Gasteiger partial charge < -0.3 is 9.47 Å². The summed E-state index contributed by atoms with van der Waals surface area (Å²) in [5.41, 5.74) is 0.682. The second-order valence-corrected chi connectivity index (χ2v) is 5.66. The van der Waals surface area contributed by atoms with Crippen LogP contribution in [-0.2, 0) is 13.0 Å². The number of aromatic nitrogens is 1. The molecule has 1 heterocycles. The zero-order valence-corrected chi connectivity index (χ0v) is 13.4. The van der Waals surface area contributed by atoms with Crippen LogP contribution in [0.4, 0.5) is 5.69 Å². The zero-order valence-electron chi connectivity index (χ0n) is 12.6. The van der Waals surface area contributed by atoms with Gasteiger partial charge in [-0.25, -0.2) is 4.98 Å². The van der Waals surface area contributed by atoms with Gasteiger partial charge in [0.25, 0.3) is 0 Å². The summed E-state index contributed by atoms with van der Waals surface area (Å²) in [6.07, 6.45) is 3.20. The third-order valence-electron chi connectivity index (χ3n) is 3.08. The van der Waals surface area contributed by atoms with Gasteiger partial charge >= 0.3 is 5.69 Å². The topological polar surface area (TPSA) is 74.5 Å². The van der Waals surface area contributed by atoms with Crippen molar-refractivity contribution >= 4 is 17.0 Å². The van der Waals surface area contributed by atoms with E-state index >= 15 is 0 Å². The predicted molar refractivity (Wildman–Crippen MR) is 84.7 cm³/mol. The number of nitro benzene ring substituents is 1. The molecule has 118 valence electrons. The summed E-state index contributed by atoms with van der Waals surface area (Å²) in [5.74, 6) is 0.642. The lowest BCUT2D eigenvalue weighted by Crippen LogP contribution is -2.00. The molecule has 0 unspecified atom stereocenters. The van der Waals surface area contributed by atoms with E-state index in [-0.39, 0.29) is 18.0 Å². The Morgan fingerprint density at radius 3 is 2.91 bits per heavy atom. The minimum absolute atomic E-state index is 0.110. The number of aryl methyl sites for hydroxylation is 1. The largest absolute Gasteiger partial charge is 0.496 e. The summed E-state index contributed by atoms with van der Waals surface area (Å²) in [7, 11) is 1.46. The number of ether oxygens (including phenoxy) is 2. The van der Waals surface area contributed by atoms with Crippen molar-refractivity contribution in [3.63, 3.8) is 0 Å². The molecule has 1 aromatic heterocycles. The third-order valence-corrected chi connectivity index (χ3v) is 4.04. The molecule has 0 atom stereocenters. The number of unbranched alkanes of at least 4 members (excludes halogenated alkanes) is 1. The van der Waals surface area contributed by atoms with Crippen LogP contribution in [0.2, 0.25) is 0 Å². The molecular weight excluding hydrogens is 304 g/mol. The van der Waals surface area contributed by atoms with Crippen molar-refractivity contribution in [1.29, 1.82) is 0 Å². The number of rotatable bonds is 8. The van der Waals surface area contributed by atoms with Gasteiger partial charge in [-0.15, -0.1) is 11.3 Å². The van der Waals surface area contributed by atoms with Crippen molar-refractivity contribution in [2.24, 2.45) is 0 Å². The van der Waals surface area contributed by atoms with E-state index in [1.54, 1.807) is 23.5 Å². The first-order chi connectivity index (χ1) is 10.6. The highest BCUT2D eigenvalue weighted by Gasteiger charge is 2.17. The molecule has 2 aromatic rings. The third kappa shape index (κ3) is 4.17. The Labute approximate surface area is 132 Å². The average Bonchev–Trinajstić information content (AvgIpc) is 2.98. The first kappa shape index (κ1) is 16.2. The lowest BCUT2D eigenvalue weighted by molar-refractivity contribution is -0.386. The molecule has 0 bridgehead atoms. The van der Waals surface area contributed by atoms with Gasteiger partial charge in [-0.1, -0.05) is 13.3 Å². The Balaban J connectivity index is 2.04. The summed E-state index contributed by atoms with van der Waals surface area (Å²) >= 11 is 1.60. The summed E-state index contributed by atoms with van der Waals surface area (Å²) in [4.78, 5) is 15.1. The standard InChI is InChI=1S/C15H18N2O4S/c1-3-4-5-15-16-11(10-22-15)9-21-14-7-6-12(20-2)8-13(14)17(18)19/h6-8,10H,3-5,9H2,1-2H3. The van der Waals surface area contributed by atoms with Crippen LogP contribution in [0.15, 0.2) is 23.6 Å². The molecule has 0 spiro atoms. The Morgan fingerprint density at radius 2 is 2.23 bits per heavy atom. The fraction of sp³-hybridized carbons (Fsp3) is 0.400. The van der Waals surface area contributed by atoms with Crippen LogP contribution in [0.3, 0.4) is 0 Å². The second kappa shape index (κ2) is 7.74. The number of benzene rings is 1. The Hall–Kier alpha value is -2.15. The number of thiazole rings is 1. The first-order valence-corrected chi connectivity index (χ1v) is 7.90. The van der Waals surface area contributed by atoms with Gasteiger partial charge in [0, 0.05) is 5.38 Å². The SMILES string of the molecule is CCCCc1nc(COc2ccc(OC)cc2[N+](=O)[O-])cs1. The lowest BCUT2D eigenvalue weighted by atomic mass is 10.2. The summed E-state index contributed by atoms with van der Waals surface area (Å²) in [6, 6.07) is 4.53. The van der Waals surface area contributed by atoms with Gasteiger partial charge in [0.2, 0.25) is 0 Å². The molecule has 2 rings (SSSR count). The number of hydrogen-bond acceptors (Lipinski definition) is 6. The molecule has 0 aliphatic heterocycles. The van der Waals surface area contributed by atoms with E-state index in [9.17, 15) is 10.1 Å². The molecule has 0 saturated heterocycles. The van der Waals surface area contributed by atoms with Crippen LogP contribution in [0.5, 0.6) is 11.5 Å². The minimum atomic E-state index is -0.481. The van der Waals surface area contributed by atoms with Crippen LogP contribution >= 0.6 is 11.3 Å². The molecule has 22 heavy (non-hydrogen) atoms. The molecule has 0 fully saturated rings. The van der Waals surface area contributed by atoms with Crippen molar-refractivity contribution in [3.05, 3.63) is 44.4 Å². The molecule has 0 amide bonds. The van der Waals surface area contributed by atoms with Crippen LogP contribution in [0.25, 0.3) is 0 Å². The van der Waals surface area contributed by atoms with E-state index in [4.69, 9.17) is 9.47 Å². The van der Waals surface area contributed by atoms with E-state index in [0.717, 1.165) is 30.0 Å². The van der Waals surface area contributed by atoms with E-state index < -0.39 is 4.92 Å². The molecule has 0 aliphatic carbocycles. The normalized spacial score (nSPS) is 10.5. The molecule has 0 saturated carbocycles. The fourth-order valence-electron chi connectivity index (χ4n) is 1.90. The van der Waals surface area contributed by atoms with E-state index in [0.29, 0.717) is 5.75 Å².